The van der Waals surface area contributed by atoms with Crippen LogP contribution in [0.25, 0.3) is 11.0 Å². The summed E-state index contributed by atoms with van der Waals surface area (Å²) in [6, 6.07) is 8.30. The van der Waals surface area contributed by atoms with E-state index >= 15 is 0 Å². The third kappa shape index (κ3) is 2.72. The van der Waals surface area contributed by atoms with Crippen molar-refractivity contribution >= 4 is 17.3 Å². The quantitative estimate of drug-likeness (QED) is 0.597. The molecule has 0 aliphatic carbocycles. The van der Waals surface area contributed by atoms with E-state index in [1.165, 1.54) is 6.07 Å². The number of hydrogen-bond donors (Lipinski definition) is 0. The standard InChI is InChI=1S/C13H12O4/c1-9(7-14)8-16-11-4-2-10-3-5-13(15)17-12(10)6-11/h2-7,9H,8H2,1H3. The zero-order valence-corrected chi connectivity index (χ0v) is 9.38. The van der Waals surface area contributed by atoms with Gasteiger partial charge >= 0.3 is 5.63 Å². The van der Waals surface area contributed by atoms with Gasteiger partial charge in [-0.2, -0.15) is 0 Å². The molecule has 0 amide bonds. The molecule has 1 heterocycles. The second kappa shape index (κ2) is 4.82. The fourth-order valence-electron chi connectivity index (χ4n) is 1.40. The molecule has 0 spiro atoms. The first kappa shape index (κ1) is 11.4. The number of rotatable bonds is 4. The molecule has 17 heavy (non-hydrogen) atoms. The van der Waals surface area contributed by atoms with Gasteiger partial charge in [0.15, 0.2) is 0 Å². The van der Waals surface area contributed by atoms with Gasteiger partial charge in [0.1, 0.15) is 17.6 Å². The molecule has 1 atom stereocenters. The fraction of sp³-hybridized carbons (Fsp3) is 0.231. The van der Waals surface area contributed by atoms with Gasteiger partial charge in [0.25, 0.3) is 0 Å². The van der Waals surface area contributed by atoms with Gasteiger partial charge < -0.3 is 13.9 Å². The van der Waals surface area contributed by atoms with Gasteiger partial charge in [-0.1, -0.05) is 6.92 Å². The highest BCUT2D eigenvalue weighted by Crippen LogP contribution is 2.19. The Morgan fingerprint density at radius 3 is 2.88 bits per heavy atom. The maximum atomic E-state index is 11.1. The van der Waals surface area contributed by atoms with Crippen molar-refractivity contribution in [2.45, 2.75) is 6.92 Å². The topological polar surface area (TPSA) is 56.5 Å². The molecule has 2 aromatic rings. The van der Waals surface area contributed by atoms with Crippen LogP contribution >= 0.6 is 0 Å². The highest BCUT2D eigenvalue weighted by molar-refractivity contribution is 5.77. The monoisotopic (exact) mass is 232 g/mol. The number of aldehydes is 1. The Balaban J connectivity index is 2.24. The summed E-state index contributed by atoms with van der Waals surface area (Å²) < 4.78 is 10.4. The molecule has 0 aliphatic heterocycles. The molecule has 0 N–H and O–H groups in total. The molecule has 0 bridgehead atoms. The first-order valence-electron chi connectivity index (χ1n) is 5.31. The molecule has 0 saturated carbocycles. The minimum Gasteiger partial charge on any atom is -0.493 e. The van der Waals surface area contributed by atoms with Gasteiger partial charge in [0, 0.05) is 23.4 Å². The van der Waals surface area contributed by atoms with Crippen molar-refractivity contribution in [3.8, 4) is 5.75 Å². The van der Waals surface area contributed by atoms with Gasteiger partial charge in [-0.3, -0.25) is 0 Å². The van der Waals surface area contributed by atoms with Crippen molar-refractivity contribution in [3.63, 3.8) is 0 Å². The SMILES string of the molecule is CC(C=O)COc1ccc2ccc(=O)oc2c1. The summed E-state index contributed by atoms with van der Waals surface area (Å²) >= 11 is 0. The van der Waals surface area contributed by atoms with Crippen LogP contribution in [-0.2, 0) is 4.79 Å². The van der Waals surface area contributed by atoms with Crippen molar-refractivity contribution in [1.29, 1.82) is 0 Å². The van der Waals surface area contributed by atoms with Gasteiger partial charge in [-0.15, -0.1) is 0 Å². The molecule has 4 heteroatoms. The Bertz CT molecular complexity index is 585. The van der Waals surface area contributed by atoms with E-state index < -0.39 is 5.63 Å². The highest BCUT2D eigenvalue weighted by Gasteiger charge is 2.03. The molecule has 1 aromatic carbocycles. The smallest absolute Gasteiger partial charge is 0.336 e. The van der Waals surface area contributed by atoms with Crippen molar-refractivity contribution < 1.29 is 13.9 Å². The lowest BCUT2D eigenvalue weighted by atomic mass is 10.2. The minimum absolute atomic E-state index is 0.159. The Kier molecular flexibility index (Phi) is 3.23. The zero-order valence-electron chi connectivity index (χ0n) is 9.38. The number of hydrogen-bond acceptors (Lipinski definition) is 4. The Morgan fingerprint density at radius 2 is 2.12 bits per heavy atom. The molecule has 1 unspecified atom stereocenters. The Hall–Kier alpha value is -2.10. The Labute approximate surface area is 97.8 Å². The lowest BCUT2D eigenvalue weighted by Gasteiger charge is -2.07. The summed E-state index contributed by atoms with van der Waals surface area (Å²) in [7, 11) is 0. The predicted molar refractivity (Wildman–Crippen MR) is 63.2 cm³/mol. The minimum atomic E-state index is -0.393. The first-order chi connectivity index (χ1) is 8.19. The number of ether oxygens (including phenoxy) is 1. The number of carbonyl (C=O) groups excluding carboxylic acids is 1. The number of benzene rings is 1. The average molecular weight is 232 g/mol. The Morgan fingerprint density at radius 1 is 1.35 bits per heavy atom. The fourth-order valence-corrected chi connectivity index (χ4v) is 1.40. The van der Waals surface area contributed by atoms with Gasteiger partial charge in [0.2, 0.25) is 0 Å². The third-order valence-corrected chi connectivity index (χ3v) is 2.34. The summed E-state index contributed by atoms with van der Waals surface area (Å²) in [6.07, 6.45) is 0.834. The largest absolute Gasteiger partial charge is 0.493 e. The molecule has 0 fully saturated rings. The van der Waals surface area contributed by atoms with Crippen molar-refractivity contribution in [2.24, 2.45) is 5.92 Å². The second-order valence-corrected chi connectivity index (χ2v) is 3.88. The van der Waals surface area contributed by atoms with Crippen LogP contribution in [0, 0.1) is 5.92 Å². The van der Waals surface area contributed by atoms with Gasteiger partial charge in [0.05, 0.1) is 6.61 Å². The van der Waals surface area contributed by atoms with Crippen molar-refractivity contribution in [3.05, 3.63) is 40.8 Å². The van der Waals surface area contributed by atoms with E-state index in [2.05, 4.69) is 0 Å². The van der Waals surface area contributed by atoms with Gasteiger partial charge in [-0.05, 0) is 18.2 Å². The summed E-state index contributed by atoms with van der Waals surface area (Å²) in [6.45, 7) is 2.08. The summed E-state index contributed by atoms with van der Waals surface area (Å²) in [5.74, 6) is 0.425. The average Bonchev–Trinajstić information content (AvgIpc) is 2.35. The number of carbonyl (C=O) groups is 1. The van der Waals surface area contributed by atoms with Crippen molar-refractivity contribution in [2.75, 3.05) is 6.61 Å². The zero-order chi connectivity index (χ0) is 12.3. The third-order valence-electron chi connectivity index (χ3n) is 2.34. The van der Waals surface area contributed by atoms with E-state index in [0.717, 1.165) is 11.7 Å². The van der Waals surface area contributed by atoms with E-state index in [1.54, 1.807) is 31.2 Å². The van der Waals surface area contributed by atoms with E-state index in [-0.39, 0.29) is 5.92 Å². The molecule has 0 aliphatic rings. The van der Waals surface area contributed by atoms with E-state index in [1.807, 2.05) is 0 Å². The first-order valence-corrected chi connectivity index (χ1v) is 5.31. The van der Waals surface area contributed by atoms with Crippen LogP contribution in [0.15, 0.2) is 39.5 Å². The van der Waals surface area contributed by atoms with Crippen LogP contribution in [0.1, 0.15) is 6.92 Å². The lowest BCUT2D eigenvalue weighted by Crippen LogP contribution is -2.09. The summed E-state index contributed by atoms with van der Waals surface area (Å²) in [5.41, 5.74) is 0.0877. The normalized spacial score (nSPS) is 12.3. The molecule has 2 rings (SSSR count). The van der Waals surface area contributed by atoms with Crippen molar-refractivity contribution in [1.82, 2.24) is 0 Å². The van der Waals surface area contributed by atoms with Crippen LogP contribution < -0.4 is 10.4 Å². The van der Waals surface area contributed by atoms with E-state index in [4.69, 9.17) is 9.15 Å². The van der Waals surface area contributed by atoms with E-state index in [0.29, 0.717) is 17.9 Å². The molecule has 0 saturated heterocycles. The molecule has 4 nitrogen and oxygen atoms in total. The molecular formula is C13H12O4. The molecule has 88 valence electrons. The molecule has 1 aromatic heterocycles. The predicted octanol–water partition coefficient (Wildman–Crippen LogP) is 2.01. The molecule has 0 radical (unpaired) electrons. The van der Waals surface area contributed by atoms with Crippen LogP contribution in [-0.4, -0.2) is 12.9 Å². The van der Waals surface area contributed by atoms with E-state index in [9.17, 15) is 9.59 Å². The van der Waals surface area contributed by atoms with Crippen LogP contribution in [0.3, 0.4) is 0 Å². The lowest BCUT2D eigenvalue weighted by molar-refractivity contribution is -0.111. The second-order valence-electron chi connectivity index (χ2n) is 3.88. The summed E-state index contributed by atoms with van der Waals surface area (Å²) in [5, 5.41) is 0.834. The highest BCUT2D eigenvalue weighted by atomic mass is 16.5. The van der Waals surface area contributed by atoms with Crippen LogP contribution in [0.4, 0.5) is 0 Å². The maximum Gasteiger partial charge on any atom is 0.336 e. The maximum absolute atomic E-state index is 11.1. The van der Waals surface area contributed by atoms with Crippen LogP contribution in [0.5, 0.6) is 5.75 Å². The van der Waals surface area contributed by atoms with Gasteiger partial charge in [-0.25, -0.2) is 4.79 Å². The summed E-state index contributed by atoms with van der Waals surface area (Å²) in [4.78, 5) is 21.5. The molecular weight excluding hydrogens is 220 g/mol. The number of fused-ring (bicyclic) bond motifs is 1. The van der Waals surface area contributed by atoms with Crippen LogP contribution in [0.2, 0.25) is 0 Å².